The van der Waals surface area contributed by atoms with E-state index in [9.17, 15) is 14.8 Å². The van der Waals surface area contributed by atoms with Crippen molar-refractivity contribution in [2.45, 2.75) is 45.2 Å². The molecule has 3 aliphatic carbocycles. The molecule has 4 aliphatic rings. The molecule has 1 aliphatic heterocycles. The fourth-order valence-electron chi connectivity index (χ4n) is 5.24. The Kier molecular flexibility index (Phi) is 2.27. The molecule has 4 atom stereocenters. The lowest BCUT2D eigenvalue weighted by Crippen LogP contribution is -2.49. The van der Waals surface area contributed by atoms with E-state index in [1.165, 1.54) is 5.06 Å². The van der Waals surface area contributed by atoms with E-state index < -0.39 is 11.1 Å². The van der Waals surface area contributed by atoms with Crippen molar-refractivity contribution in [3.63, 3.8) is 0 Å². The van der Waals surface area contributed by atoms with Gasteiger partial charge in [0.25, 0.3) is 0 Å². The van der Waals surface area contributed by atoms with Crippen LogP contribution in [0.5, 0.6) is 0 Å². The molecule has 0 spiro atoms. The zero-order valence-corrected chi connectivity index (χ0v) is 12.9. The Morgan fingerprint density at radius 3 is 1.71 bits per heavy atom. The van der Waals surface area contributed by atoms with Gasteiger partial charge < -0.3 is 5.21 Å². The van der Waals surface area contributed by atoms with Crippen molar-refractivity contribution in [2.24, 2.45) is 23.7 Å². The van der Waals surface area contributed by atoms with Crippen LogP contribution in [0.2, 0.25) is 0 Å². The first-order valence-corrected chi connectivity index (χ1v) is 7.70. The highest BCUT2D eigenvalue weighted by Gasteiger charge is 2.64. The summed E-state index contributed by atoms with van der Waals surface area (Å²) in [5.74, 6) is 0.178. The van der Waals surface area contributed by atoms with Crippen LogP contribution in [0.4, 0.5) is 0 Å². The Labute approximate surface area is 124 Å². The molecule has 1 saturated carbocycles. The third kappa shape index (κ3) is 1.29. The minimum Gasteiger partial charge on any atom is -0.312 e. The predicted octanol–water partition coefficient (Wildman–Crippen LogP) is 2.14. The number of hydroxylamine groups is 2. The SMILES string of the molecule is CC1(C)C2=C(C(=O)[C@H]3[C@@H](C2=O)[C@H]2C=C[C@@H]3C2)C(C)(C)N1O. The Morgan fingerprint density at radius 1 is 0.952 bits per heavy atom. The molecule has 4 nitrogen and oxygen atoms in total. The van der Waals surface area contributed by atoms with Gasteiger partial charge in [-0.25, -0.2) is 0 Å². The van der Waals surface area contributed by atoms with Crippen molar-refractivity contribution in [2.75, 3.05) is 0 Å². The summed E-state index contributed by atoms with van der Waals surface area (Å²) >= 11 is 0. The molecule has 21 heavy (non-hydrogen) atoms. The fraction of sp³-hybridized carbons (Fsp3) is 0.647. The number of fused-ring (bicyclic) bond motifs is 5. The van der Waals surface area contributed by atoms with E-state index >= 15 is 0 Å². The second-order valence-electron chi connectivity index (χ2n) is 7.91. The second kappa shape index (κ2) is 3.55. The zero-order valence-electron chi connectivity index (χ0n) is 12.9. The van der Waals surface area contributed by atoms with Gasteiger partial charge in [0.15, 0.2) is 11.6 Å². The third-order valence-corrected chi connectivity index (χ3v) is 6.09. The topological polar surface area (TPSA) is 57.6 Å². The summed E-state index contributed by atoms with van der Waals surface area (Å²) in [5.41, 5.74) is -0.520. The van der Waals surface area contributed by atoms with Crippen LogP contribution in [0.25, 0.3) is 0 Å². The normalized spacial score (nSPS) is 42.7. The third-order valence-electron chi connectivity index (χ3n) is 6.09. The smallest absolute Gasteiger partial charge is 0.165 e. The van der Waals surface area contributed by atoms with Crippen LogP contribution < -0.4 is 0 Å². The molecule has 4 heteroatoms. The molecule has 2 bridgehead atoms. The zero-order chi connectivity index (χ0) is 15.3. The minimum absolute atomic E-state index is 0.0843. The van der Waals surface area contributed by atoms with E-state index in [2.05, 4.69) is 12.2 Å². The largest absolute Gasteiger partial charge is 0.312 e. The van der Waals surface area contributed by atoms with Gasteiger partial charge in [-0.3, -0.25) is 9.59 Å². The molecular weight excluding hydrogens is 266 g/mol. The van der Waals surface area contributed by atoms with Crippen molar-refractivity contribution < 1.29 is 14.8 Å². The van der Waals surface area contributed by atoms with Crippen LogP contribution >= 0.6 is 0 Å². The van der Waals surface area contributed by atoms with Gasteiger partial charge in [-0.05, 0) is 46.0 Å². The summed E-state index contributed by atoms with van der Waals surface area (Å²) in [7, 11) is 0. The molecular formula is C17H21NO3. The summed E-state index contributed by atoms with van der Waals surface area (Å²) < 4.78 is 0. The second-order valence-corrected chi connectivity index (χ2v) is 7.91. The van der Waals surface area contributed by atoms with Gasteiger partial charge >= 0.3 is 0 Å². The summed E-state index contributed by atoms with van der Waals surface area (Å²) in [6.45, 7) is 7.30. The summed E-state index contributed by atoms with van der Waals surface area (Å²) in [6.07, 6.45) is 5.13. The van der Waals surface area contributed by atoms with Gasteiger partial charge in [-0.2, -0.15) is 5.06 Å². The number of hydrogen-bond donors (Lipinski definition) is 1. The minimum atomic E-state index is -0.803. The van der Waals surface area contributed by atoms with E-state index in [0.29, 0.717) is 11.1 Å². The molecule has 0 saturated heterocycles. The van der Waals surface area contributed by atoms with E-state index in [0.717, 1.165) is 6.42 Å². The van der Waals surface area contributed by atoms with Crippen molar-refractivity contribution in [1.82, 2.24) is 5.06 Å². The van der Waals surface area contributed by atoms with Crippen molar-refractivity contribution in [3.8, 4) is 0 Å². The van der Waals surface area contributed by atoms with Gasteiger partial charge in [-0.15, -0.1) is 0 Å². The molecule has 1 fully saturated rings. The van der Waals surface area contributed by atoms with Crippen molar-refractivity contribution in [3.05, 3.63) is 23.3 Å². The quantitative estimate of drug-likeness (QED) is 0.693. The lowest BCUT2D eigenvalue weighted by Gasteiger charge is -2.36. The number of nitrogens with zero attached hydrogens (tertiary/aromatic N) is 1. The molecule has 0 aromatic heterocycles. The summed E-state index contributed by atoms with van der Waals surface area (Å²) in [4.78, 5) is 26.2. The number of Topliss-reactive ketones (excluding diaryl/α,β-unsaturated/α-hetero) is 2. The first-order chi connectivity index (χ1) is 9.69. The lowest BCUT2D eigenvalue weighted by molar-refractivity contribution is -0.188. The van der Waals surface area contributed by atoms with Crippen LogP contribution in [-0.4, -0.2) is 32.9 Å². The Morgan fingerprint density at radius 2 is 1.33 bits per heavy atom. The average Bonchev–Trinajstić information content (AvgIpc) is 3.04. The number of hydrogen-bond acceptors (Lipinski definition) is 4. The fourth-order valence-corrected chi connectivity index (χ4v) is 5.24. The molecule has 0 aromatic carbocycles. The Balaban J connectivity index is 1.94. The van der Waals surface area contributed by atoms with E-state index in [1.807, 2.05) is 27.7 Å². The first kappa shape index (κ1) is 13.4. The maximum Gasteiger partial charge on any atom is 0.165 e. The number of rotatable bonds is 0. The van der Waals surface area contributed by atoms with E-state index in [1.54, 1.807) is 0 Å². The van der Waals surface area contributed by atoms with E-state index in [-0.39, 0.29) is 35.2 Å². The van der Waals surface area contributed by atoms with Gasteiger partial charge in [0.05, 0.1) is 11.1 Å². The van der Waals surface area contributed by atoms with Crippen molar-refractivity contribution in [1.29, 1.82) is 0 Å². The number of carbonyl (C=O) groups excluding carboxylic acids is 2. The summed E-state index contributed by atoms with van der Waals surface area (Å²) in [5, 5.41) is 11.7. The number of carbonyl (C=O) groups is 2. The van der Waals surface area contributed by atoms with E-state index in [4.69, 9.17) is 0 Å². The number of allylic oxidation sites excluding steroid dienone is 2. The molecule has 0 amide bonds. The standard InChI is InChI=1S/C17H21NO3/c1-16(2)12-13(17(3,4)18(16)21)15(20)11-9-6-5-8(7-9)10(11)14(12)19/h5-6,8-11,21H,7H2,1-4H3/t8-,9+,10-,11+. The molecule has 1 heterocycles. The van der Waals surface area contributed by atoms with Crippen LogP contribution in [0.3, 0.4) is 0 Å². The maximum atomic E-state index is 13.1. The maximum absolute atomic E-state index is 13.1. The average molecular weight is 287 g/mol. The molecule has 0 aromatic rings. The molecule has 0 unspecified atom stereocenters. The number of ketones is 2. The van der Waals surface area contributed by atoms with Crippen LogP contribution in [0, 0.1) is 23.7 Å². The highest BCUT2D eigenvalue weighted by atomic mass is 16.5. The highest BCUT2D eigenvalue weighted by Crippen LogP contribution is 2.58. The first-order valence-electron chi connectivity index (χ1n) is 7.70. The van der Waals surface area contributed by atoms with Crippen LogP contribution in [0.1, 0.15) is 34.1 Å². The van der Waals surface area contributed by atoms with Crippen molar-refractivity contribution >= 4 is 11.6 Å². The highest BCUT2D eigenvalue weighted by molar-refractivity contribution is 6.17. The Hall–Kier alpha value is -1.26. The lowest BCUT2D eigenvalue weighted by atomic mass is 9.65. The molecule has 1 N–H and O–H groups in total. The van der Waals surface area contributed by atoms with Gasteiger partial charge in [-0.1, -0.05) is 12.2 Å². The van der Waals surface area contributed by atoms with Gasteiger partial charge in [0.1, 0.15) is 0 Å². The summed E-state index contributed by atoms with van der Waals surface area (Å²) in [6, 6.07) is 0. The van der Waals surface area contributed by atoms with Crippen LogP contribution in [0.15, 0.2) is 23.3 Å². The van der Waals surface area contributed by atoms with Crippen LogP contribution in [-0.2, 0) is 9.59 Å². The van der Waals surface area contributed by atoms with Gasteiger partial charge in [0, 0.05) is 23.0 Å². The molecule has 4 rings (SSSR count). The predicted molar refractivity (Wildman–Crippen MR) is 76.5 cm³/mol. The monoisotopic (exact) mass is 287 g/mol. The molecule has 0 radical (unpaired) electrons. The molecule has 112 valence electrons. The Bertz CT molecular complexity index is 588. The van der Waals surface area contributed by atoms with Gasteiger partial charge in [0.2, 0.25) is 0 Å².